The predicted octanol–water partition coefficient (Wildman–Crippen LogP) is 5.17. The van der Waals surface area contributed by atoms with Gasteiger partial charge in [0.25, 0.3) is 11.8 Å². The Morgan fingerprint density at radius 3 is 2.49 bits per heavy atom. The topological polar surface area (TPSA) is 121 Å². The van der Waals surface area contributed by atoms with Gasteiger partial charge in [-0.25, -0.2) is 0 Å². The van der Waals surface area contributed by atoms with Crippen LogP contribution in [0.2, 0.25) is 0 Å². The van der Waals surface area contributed by atoms with Crippen molar-refractivity contribution in [2.24, 2.45) is 11.8 Å². The molecule has 0 spiro atoms. The number of hydrogen-bond acceptors (Lipinski definition) is 7. The number of hydrogen-bond donors (Lipinski definition) is 2. The maximum absolute atomic E-state index is 14.3. The highest BCUT2D eigenvalue weighted by Gasteiger charge is 2.31. The summed E-state index contributed by atoms with van der Waals surface area (Å²) in [6.45, 7) is 6.71. The fraction of sp³-hybridized carbons (Fsp3) is 0.600. The molecular weight excluding hydrogens is 572 g/mol. The van der Waals surface area contributed by atoms with Crippen LogP contribution in [-0.4, -0.2) is 89.2 Å². The summed E-state index contributed by atoms with van der Waals surface area (Å²) in [4.78, 5) is 47.8. The average Bonchev–Trinajstić information content (AvgIpc) is 3.06. The standard InChI is InChI=1S/C35H50N4O6/c1-24-21-39(25(2)23-40)35(43)30-20-29(37-33(41)27-11-6-5-7-12-27)13-14-31(30)45-26(3)10-8-9-19-44-32(24)22-38(4)34(42)28-15-17-36-18-16-28/h13-18,20,24-27,32,40H,5-12,19,21-23H2,1-4H3,(H,37,41)/t24-,25+,26-,32-/m1/s1. The second-order valence-corrected chi connectivity index (χ2v) is 12.8. The monoisotopic (exact) mass is 622 g/mol. The molecule has 10 nitrogen and oxygen atoms in total. The number of carbonyl (C=O) groups is 3. The first-order chi connectivity index (χ1) is 21.7. The van der Waals surface area contributed by atoms with Crippen LogP contribution in [0.25, 0.3) is 0 Å². The summed E-state index contributed by atoms with van der Waals surface area (Å²) in [5.74, 6) is -0.179. The lowest BCUT2D eigenvalue weighted by Crippen LogP contribution is -2.48. The van der Waals surface area contributed by atoms with Crippen LogP contribution >= 0.6 is 0 Å². The third-order valence-corrected chi connectivity index (χ3v) is 9.02. The van der Waals surface area contributed by atoms with Gasteiger partial charge in [0.15, 0.2) is 0 Å². The first-order valence-electron chi connectivity index (χ1n) is 16.5. The van der Waals surface area contributed by atoms with E-state index in [-0.39, 0.29) is 54.9 Å². The van der Waals surface area contributed by atoms with E-state index in [0.29, 0.717) is 35.7 Å². The lowest BCUT2D eigenvalue weighted by atomic mass is 9.88. The largest absolute Gasteiger partial charge is 0.490 e. The minimum absolute atomic E-state index is 0.0168. The summed E-state index contributed by atoms with van der Waals surface area (Å²) in [6, 6.07) is 8.15. The van der Waals surface area contributed by atoms with E-state index in [0.717, 1.165) is 51.4 Å². The fourth-order valence-electron chi connectivity index (χ4n) is 6.14. The van der Waals surface area contributed by atoms with Crippen molar-refractivity contribution in [1.29, 1.82) is 0 Å². The number of aliphatic hydroxyl groups is 1. The van der Waals surface area contributed by atoms with E-state index in [2.05, 4.69) is 10.3 Å². The van der Waals surface area contributed by atoms with Gasteiger partial charge in [0.05, 0.1) is 30.4 Å². The van der Waals surface area contributed by atoms with Crippen molar-refractivity contribution in [3.8, 4) is 5.75 Å². The second-order valence-electron chi connectivity index (χ2n) is 12.8. The molecule has 1 fully saturated rings. The van der Waals surface area contributed by atoms with Crippen molar-refractivity contribution in [1.82, 2.24) is 14.8 Å². The molecule has 45 heavy (non-hydrogen) atoms. The number of aliphatic hydroxyl groups excluding tert-OH is 1. The van der Waals surface area contributed by atoms with Crippen molar-refractivity contribution in [3.63, 3.8) is 0 Å². The summed E-state index contributed by atoms with van der Waals surface area (Å²) >= 11 is 0. The van der Waals surface area contributed by atoms with Crippen LogP contribution in [0, 0.1) is 11.8 Å². The molecule has 10 heteroatoms. The lowest BCUT2D eigenvalue weighted by Gasteiger charge is -2.36. The van der Waals surface area contributed by atoms with Gasteiger partial charge in [-0.05, 0) is 76.3 Å². The van der Waals surface area contributed by atoms with Gasteiger partial charge in [-0.3, -0.25) is 19.4 Å². The molecule has 1 aliphatic heterocycles. The molecule has 1 aliphatic carbocycles. The van der Waals surface area contributed by atoms with Crippen molar-refractivity contribution in [3.05, 3.63) is 53.9 Å². The number of amides is 3. The maximum Gasteiger partial charge on any atom is 0.258 e. The Hall–Kier alpha value is -3.50. The number of carbonyl (C=O) groups excluding carboxylic acids is 3. The number of aromatic nitrogens is 1. The molecular formula is C35H50N4O6. The van der Waals surface area contributed by atoms with Gasteiger partial charge in [-0.15, -0.1) is 0 Å². The average molecular weight is 623 g/mol. The number of rotatable bonds is 7. The van der Waals surface area contributed by atoms with Gasteiger partial charge >= 0.3 is 0 Å². The van der Waals surface area contributed by atoms with Gasteiger partial charge in [-0.1, -0.05) is 26.2 Å². The molecule has 1 aromatic carbocycles. The Bertz CT molecular complexity index is 1270. The minimum atomic E-state index is -0.490. The normalized spacial score (nSPS) is 22.8. The van der Waals surface area contributed by atoms with E-state index in [9.17, 15) is 19.5 Å². The summed E-state index contributed by atoms with van der Waals surface area (Å²) in [5.41, 5.74) is 1.44. The molecule has 246 valence electrons. The third-order valence-electron chi connectivity index (χ3n) is 9.02. The Morgan fingerprint density at radius 2 is 1.78 bits per heavy atom. The van der Waals surface area contributed by atoms with Crippen molar-refractivity contribution < 1.29 is 29.0 Å². The highest BCUT2D eigenvalue weighted by atomic mass is 16.5. The molecule has 3 amide bonds. The van der Waals surface area contributed by atoms with Crippen LogP contribution in [0.15, 0.2) is 42.7 Å². The van der Waals surface area contributed by atoms with Crippen molar-refractivity contribution >= 4 is 23.4 Å². The molecule has 2 aliphatic rings. The van der Waals surface area contributed by atoms with Crippen molar-refractivity contribution in [2.45, 2.75) is 90.4 Å². The number of ether oxygens (including phenoxy) is 2. The zero-order valence-electron chi connectivity index (χ0n) is 27.2. The van der Waals surface area contributed by atoms with Crippen LogP contribution in [0.4, 0.5) is 5.69 Å². The second kappa shape index (κ2) is 16.7. The highest BCUT2D eigenvalue weighted by Crippen LogP contribution is 2.30. The molecule has 0 bridgehead atoms. The molecule has 4 atom stereocenters. The molecule has 1 saturated carbocycles. The van der Waals surface area contributed by atoms with E-state index in [1.165, 1.54) is 0 Å². The number of fused-ring (bicyclic) bond motifs is 1. The zero-order chi connectivity index (χ0) is 32.3. The number of likely N-dealkylation sites (N-methyl/N-ethyl adjacent to an activating group) is 1. The zero-order valence-corrected chi connectivity index (χ0v) is 27.2. The molecule has 2 aromatic rings. The molecule has 2 N–H and O–H groups in total. The molecule has 4 rings (SSSR count). The Labute approximate surface area is 267 Å². The van der Waals surface area contributed by atoms with Crippen molar-refractivity contribution in [2.75, 3.05) is 38.7 Å². The number of anilines is 1. The van der Waals surface area contributed by atoms with Crippen LogP contribution in [0.3, 0.4) is 0 Å². The molecule has 0 saturated heterocycles. The van der Waals surface area contributed by atoms with Crippen LogP contribution < -0.4 is 10.1 Å². The van der Waals surface area contributed by atoms with Gasteiger partial charge in [0, 0.05) is 62.2 Å². The van der Waals surface area contributed by atoms with E-state index in [1.807, 2.05) is 13.8 Å². The minimum Gasteiger partial charge on any atom is -0.490 e. The molecule has 2 heterocycles. The molecule has 0 radical (unpaired) electrons. The number of benzene rings is 1. The Balaban J connectivity index is 1.61. The van der Waals surface area contributed by atoms with Crippen LogP contribution in [0.5, 0.6) is 5.75 Å². The van der Waals surface area contributed by atoms with Gasteiger partial charge in [0.2, 0.25) is 5.91 Å². The predicted molar refractivity (Wildman–Crippen MR) is 173 cm³/mol. The Morgan fingerprint density at radius 1 is 1.07 bits per heavy atom. The fourth-order valence-corrected chi connectivity index (χ4v) is 6.14. The summed E-state index contributed by atoms with van der Waals surface area (Å²) in [6.07, 6.45) is 10.2. The first kappa shape index (κ1) is 34.4. The first-order valence-corrected chi connectivity index (χ1v) is 16.5. The SMILES string of the molecule is C[C@@H]1CCCCO[C@H](CN(C)C(=O)c2ccncc2)[C@H](C)CN([C@@H](C)CO)C(=O)c2cc(NC(=O)C3CCCCC3)ccc2O1. The number of nitrogens with zero attached hydrogens (tertiary/aromatic N) is 3. The third kappa shape index (κ3) is 9.50. The smallest absolute Gasteiger partial charge is 0.258 e. The number of nitrogens with one attached hydrogen (secondary N) is 1. The Kier molecular flexibility index (Phi) is 12.8. The highest BCUT2D eigenvalue weighted by molar-refractivity contribution is 6.00. The molecule has 0 unspecified atom stereocenters. The number of pyridine rings is 1. The maximum atomic E-state index is 14.3. The van der Waals surface area contributed by atoms with E-state index in [4.69, 9.17) is 9.47 Å². The van der Waals surface area contributed by atoms with E-state index in [1.54, 1.807) is 66.5 Å². The van der Waals surface area contributed by atoms with Gasteiger partial charge in [-0.2, -0.15) is 0 Å². The van der Waals surface area contributed by atoms with Crippen LogP contribution in [0.1, 0.15) is 92.9 Å². The van der Waals surface area contributed by atoms with Gasteiger partial charge in [0.1, 0.15) is 5.75 Å². The molecule has 1 aromatic heterocycles. The van der Waals surface area contributed by atoms with E-state index < -0.39 is 6.04 Å². The lowest BCUT2D eigenvalue weighted by molar-refractivity contribution is -0.120. The van der Waals surface area contributed by atoms with E-state index >= 15 is 0 Å². The van der Waals surface area contributed by atoms with Crippen LogP contribution in [-0.2, 0) is 9.53 Å². The van der Waals surface area contributed by atoms with Gasteiger partial charge < -0.3 is 29.7 Å². The quantitative estimate of drug-likeness (QED) is 0.437. The summed E-state index contributed by atoms with van der Waals surface area (Å²) in [5, 5.41) is 13.3. The summed E-state index contributed by atoms with van der Waals surface area (Å²) < 4.78 is 12.7. The summed E-state index contributed by atoms with van der Waals surface area (Å²) in [7, 11) is 1.75.